The van der Waals surface area contributed by atoms with Crippen molar-refractivity contribution in [3.63, 3.8) is 0 Å². The smallest absolute Gasteiger partial charge is 0.306 e. The Bertz CT molecular complexity index is 710. The molecule has 1 unspecified atom stereocenters. The first kappa shape index (κ1) is 50.9. The molecule has 1 atom stereocenters. The van der Waals surface area contributed by atoms with Crippen LogP contribution in [0.15, 0.2) is 0 Å². The van der Waals surface area contributed by atoms with Crippen LogP contribution in [0.5, 0.6) is 0 Å². The summed E-state index contributed by atoms with van der Waals surface area (Å²) in [7, 11) is 0. The first-order valence-electron chi connectivity index (χ1n) is 23.6. The molecule has 0 radical (unpaired) electrons. The Balaban J connectivity index is 3.28. The van der Waals surface area contributed by atoms with E-state index in [0.29, 0.717) is 12.8 Å². The lowest BCUT2D eigenvalue weighted by Gasteiger charge is -2.15. The van der Waals surface area contributed by atoms with Gasteiger partial charge in [-0.25, -0.2) is 0 Å². The Morgan fingerprint density at radius 2 is 0.596 bits per heavy atom. The first-order chi connectivity index (χ1) is 25.6. The van der Waals surface area contributed by atoms with Crippen molar-refractivity contribution in [2.24, 2.45) is 0 Å². The molecular formula is C47H92O5. The van der Waals surface area contributed by atoms with Gasteiger partial charge in [-0.2, -0.15) is 0 Å². The molecule has 0 fully saturated rings. The quantitative estimate of drug-likeness (QED) is 0.0498. The number of hydrogen-bond donors (Lipinski definition) is 1. The average molecular weight is 737 g/mol. The van der Waals surface area contributed by atoms with E-state index in [9.17, 15) is 14.7 Å². The van der Waals surface area contributed by atoms with Crippen molar-refractivity contribution in [3.8, 4) is 0 Å². The third-order valence-corrected chi connectivity index (χ3v) is 10.9. The lowest BCUT2D eigenvalue weighted by molar-refractivity contribution is -0.161. The van der Waals surface area contributed by atoms with E-state index in [-0.39, 0.29) is 25.2 Å². The molecule has 0 saturated heterocycles. The molecule has 5 heteroatoms. The number of carbonyl (C=O) groups excluding carboxylic acids is 2. The van der Waals surface area contributed by atoms with Crippen LogP contribution in [0, 0.1) is 0 Å². The van der Waals surface area contributed by atoms with Gasteiger partial charge in [0.25, 0.3) is 0 Å². The summed E-state index contributed by atoms with van der Waals surface area (Å²) < 4.78 is 10.5. The number of ether oxygens (including phenoxy) is 2. The minimum atomic E-state index is -0.759. The van der Waals surface area contributed by atoms with Gasteiger partial charge in [-0.15, -0.1) is 0 Å². The SMILES string of the molecule is CCCCCCCCCCCCCCCCCCCCCCCCCCCCCCCCCCCC(=O)OC(CO)COC(=O)CCCCCCC. The van der Waals surface area contributed by atoms with Gasteiger partial charge in [0.05, 0.1) is 6.61 Å². The normalized spacial score (nSPS) is 12.0. The van der Waals surface area contributed by atoms with E-state index < -0.39 is 6.10 Å². The highest BCUT2D eigenvalue weighted by Gasteiger charge is 2.16. The van der Waals surface area contributed by atoms with Crippen LogP contribution in [0.1, 0.15) is 271 Å². The van der Waals surface area contributed by atoms with Crippen LogP contribution >= 0.6 is 0 Å². The van der Waals surface area contributed by atoms with Crippen LogP contribution in [0.3, 0.4) is 0 Å². The van der Waals surface area contributed by atoms with Gasteiger partial charge in [-0.3, -0.25) is 9.59 Å². The van der Waals surface area contributed by atoms with Crippen LogP contribution in [0.2, 0.25) is 0 Å². The van der Waals surface area contributed by atoms with E-state index >= 15 is 0 Å². The third kappa shape index (κ3) is 41.7. The Hall–Kier alpha value is -1.10. The van der Waals surface area contributed by atoms with E-state index in [4.69, 9.17) is 9.47 Å². The van der Waals surface area contributed by atoms with Crippen molar-refractivity contribution in [1.29, 1.82) is 0 Å². The highest BCUT2D eigenvalue weighted by Crippen LogP contribution is 2.17. The van der Waals surface area contributed by atoms with Crippen LogP contribution in [-0.4, -0.2) is 36.4 Å². The lowest BCUT2D eigenvalue weighted by atomic mass is 10.0. The van der Waals surface area contributed by atoms with Gasteiger partial charge in [0, 0.05) is 12.8 Å². The molecule has 0 aliphatic heterocycles. The summed E-state index contributed by atoms with van der Waals surface area (Å²) in [6.45, 7) is 4.08. The summed E-state index contributed by atoms with van der Waals surface area (Å²) in [6, 6.07) is 0. The number of unbranched alkanes of at least 4 members (excludes halogenated alkanes) is 36. The molecule has 0 aromatic rings. The van der Waals surface area contributed by atoms with E-state index in [0.717, 1.165) is 38.5 Å². The van der Waals surface area contributed by atoms with Gasteiger partial charge in [-0.05, 0) is 12.8 Å². The van der Waals surface area contributed by atoms with Crippen molar-refractivity contribution in [2.75, 3.05) is 13.2 Å². The van der Waals surface area contributed by atoms with E-state index in [1.807, 2.05) is 0 Å². The fourth-order valence-electron chi connectivity index (χ4n) is 7.32. The minimum absolute atomic E-state index is 0.0598. The molecule has 0 bridgehead atoms. The highest BCUT2D eigenvalue weighted by atomic mass is 16.6. The summed E-state index contributed by atoms with van der Waals surface area (Å²) in [5, 5.41) is 9.49. The third-order valence-electron chi connectivity index (χ3n) is 10.9. The lowest BCUT2D eigenvalue weighted by Crippen LogP contribution is -2.28. The number of hydrogen-bond acceptors (Lipinski definition) is 5. The molecule has 0 aliphatic carbocycles. The number of aliphatic hydroxyl groups is 1. The maximum atomic E-state index is 12.1. The van der Waals surface area contributed by atoms with Gasteiger partial charge < -0.3 is 14.6 Å². The fraction of sp³-hybridized carbons (Fsp3) is 0.957. The second-order valence-electron chi connectivity index (χ2n) is 16.2. The molecule has 52 heavy (non-hydrogen) atoms. The molecule has 0 aromatic carbocycles. The largest absolute Gasteiger partial charge is 0.462 e. The van der Waals surface area contributed by atoms with Crippen molar-refractivity contribution >= 4 is 11.9 Å². The molecule has 310 valence electrons. The summed E-state index contributed by atoms with van der Waals surface area (Å²) >= 11 is 0. The zero-order valence-electron chi connectivity index (χ0n) is 35.4. The Labute approximate surface area is 325 Å². The summed E-state index contributed by atoms with van der Waals surface area (Å²) in [4.78, 5) is 24.0. The van der Waals surface area contributed by atoms with E-state index in [1.165, 1.54) is 205 Å². The monoisotopic (exact) mass is 737 g/mol. The van der Waals surface area contributed by atoms with E-state index in [1.54, 1.807) is 0 Å². The van der Waals surface area contributed by atoms with Gasteiger partial charge in [-0.1, -0.05) is 245 Å². The van der Waals surface area contributed by atoms with Crippen molar-refractivity contribution in [3.05, 3.63) is 0 Å². The van der Waals surface area contributed by atoms with E-state index in [2.05, 4.69) is 13.8 Å². The van der Waals surface area contributed by atoms with Crippen LogP contribution in [0.4, 0.5) is 0 Å². The van der Waals surface area contributed by atoms with Gasteiger partial charge in [0.15, 0.2) is 6.10 Å². The van der Waals surface area contributed by atoms with Crippen molar-refractivity contribution < 1.29 is 24.2 Å². The van der Waals surface area contributed by atoms with Crippen LogP contribution in [-0.2, 0) is 19.1 Å². The number of aliphatic hydroxyl groups excluding tert-OH is 1. The highest BCUT2D eigenvalue weighted by molar-refractivity contribution is 5.70. The van der Waals surface area contributed by atoms with Gasteiger partial charge >= 0.3 is 11.9 Å². The maximum Gasteiger partial charge on any atom is 0.306 e. The maximum absolute atomic E-state index is 12.1. The van der Waals surface area contributed by atoms with Crippen molar-refractivity contribution in [1.82, 2.24) is 0 Å². The Kier molecular flexibility index (Phi) is 43.4. The van der Waals surface area contributed by atoms with Crippen molar-refractivity contribution in [2.45, 2.75) is 277 Å². The molecule has 0 aromatic heterocycles. The second kappa shape index (κ2) is 44.3. The number of carbonyl (C=O) groups is 2. The predicted molar refractivity (Wildman–Crippen MR) is 224 cm³/mol. The first-order valence-corrected chi connectivity index (χ1v) is 23.6. The second-order valence-corrected chi connectivity index (χ2v) is 16.2. The minimum Gasteiger partial charge on any atom is -0.462 e. The van der Waals surface area contributed by atoms with Crippen LogP contribution < -0.4 is 0 Å². The molecule has 0 heterocycles. The van der Waals surface area contributed by atoms with Gasteiger partial charge in [0.2, 0.25) is 0 Å². The van der Waals surface area contributed by atoms with Crippen LogP contribution in [0.25, 0.3) is 0 Å². The average Bonchev–Trinajstić information content (AvgIpc) is 3.15. The summed E-state index contributed by atoms with van der Waals surface area (Å²) in [5.74, 6) is -0.590. The molecule has 0 amide bonds. The Morgan fingerprint density at radius 3 is 0.846 bits per heavy atom. The predicted octanol–water partition coefficient (Wildman–Crippen LogP) is 15.1. The number of esters is 2. The molecule has 0 rings (SSSR count). The molecule has 5 nitrogen and oxygen atoms in total. The standard InChI is InChI=1S/C47H92O5/c1-3-5-7-9-10-11-12-13-14-15-16-17-18-19-20-21-22-23-24-25-26-27-28-29-30-31-32-33-34-35-36-38-40-42-47(50)52-45(43-48)44-51-46(49)41-39-37-8-6-4-2/h45,48H,3-44H2,1-2H3. The molecule has 0 spiro atoms. The topological polar surface area (TPSA) is 72.8 Å². The van der Waals surface area contributed by atoms with Gasteiger partial charge in [0.1, 0.15) is 6.61 Å². The molecular weight excluding hydrogens is 645 g/mol. The zero-order valence-corrected chi connectivity index (χ0v) is 35.4. The number of rotatable bonds is 44. The fourth-order valence-corrected chi connectivity index (χ4v) is 7.32. The Morgan fingerprint density at radius 1 is 0.365 bits per heavy atom. The molecule has 0 aliphatic rings. The molecule has 1 N–H and O–H groups in total. The molecule has 0 saturated carbocycles. The zero-order chi connectivity index (χ0) is 37.8. The summed E-state index contributed by atoms with van der Waals surface area (Å²) in [5.41, 5.74) is 0. The summed E-state index contributed by atoms with van der Waals surface area (Å²) in [6.07, 6.45) is 51.2.